The number of rotatable bonds is 4. The first-order valence-electron chi connectivity index (χ1n) is 7.26. The molecule has 0 heterocycles. The van der Waals surface area contributed by atoms with Gasteiger partial charge in [0.05, 0.1) is 5.92 Å². The molecule has 0 aliphatic heterocycles. The summed E-state index contributed by atoms with van der Waals surface area (Å²) in [6, 6.07) is 6.69. The number of carboxylic acid groups (broad SMARTS) is 1. The van der Waals surface area contributed by atoms with Gasteiger partial charge in [-0.2, -0.15) is 0 Å². The Morgan fingerprint density at radius 3 is 2.70 bits per heavy atom. The van der Waals surface area contributed by atoms with Crippen LogP contribution < -0.4 is 0 Å². The van der Waals surface area contributed by atoms with E-state index in [0.717, 1.165) is 32.1 Å². The fraction of sp³-hybridized carbons (Fsp3) is 0.562. The molecule has 0 saturated heterocycles. The number of halogens is 1. The van der Waals surface area contributed by atoms with Crippen LogP contribution in [0.3, 0.4) is 0 Å². The van der Waals surface area contributed by atoms with Crippen molar-refractivity contribution in [1.29, 1.82) is 0 Å². The van der Waals surface area contributed by atoms with E-state index in [9.17, 15) is 14.3 Å². The molecule has 1 aromatic rings. The van der Waals surface area contributed by atoms with E-state index >= 15 is 0 Å². The maximum atomic E-state index is 13.7. The van der Waals surface area contributed by atoms with E-state index in [1.54, 1.807) is 12.1 Å². The van der Waals surface area contributed by atoms with Crippen LogP contribution >= 0.6 is 0 Å². The van der Waals surface area contributed by atoms with Crippen LogP contribution in [0.4, 0.5) is 4.39 Å². The number of carbonyl (C=O) groups is 1. The van der Waals surface area contributed by atoms with Gasteiger partial charge >= 0.3 is 5.97 Å². The average Bonchev–Trinajstić information content (AvgIpc) is 2.67. The minimum Gasteiger partial charge on any atom is -0.481 e. The lowest BCUT2D eigenvalue weighted by Crippen LogP contribution is -2.40. The van der Waals surface area contributed by atoms with Gasteiger partial charge < -0.3 is 5.11 Å². The SMILES string of the molecule is CN(Cc1ccccc1F)C1CCCCCC1C(=O)O. The first-order valence-corrected chi connectivity index (χ1v) is 7.26. The topological polar surface area (TPSA) is 40.5 Å². The van der Waals surface area contributed by atoms with E-state index in [4.69, 9.17) is 0 Å². The minimum atomic E-state index is -0.725. The third-order valence-electron chi connectivity index (χ3n) is 4.24. The van der Waals surface area contributed by atoms with Crippen LogP contribution in [0, 0.1) is 11.7 Å². The lowest BCUT2D eigenvalue weighted by molar-refractivity contribution is -0.144. The number of hydrogen-bond acceptors (Lipinski definition) is 2. The summed E-state index contributed by atoms with van der Waals surface area (Å²) in [5.41, 5.74) is 0.628. The summed E-state index contributed by atoms with van der Waals surface area (Å²) < 4.78 is 13.7. The number of nitrogens with zero attached hydrogens (tertiary/aromatic N) is 1. The monoisotopic (exact) mass is 279 g/mol. The van der Waals surface area contributed by atoms with Crippen LogP contribution in [0.1, 0.15) is 37.7 Å². The van der Waals surface area contributed by atoms with Crippen molar-refractivity contribution in [3.8, 4) is 0 Å². The number of hydrogen-bond donors (Lipinski definition) is 1. The fourth-order valence-electron chi connectivity index (χ4n) is 3.12. The van der Waals surface area contributed by atoms with Crippen molar-refractivity contribution in [2.75, 3.05) is 7.05 Å². The first kappa shape index (κ1) is 15.0. The lowest BCUT2D eigenvalue weighted by atomic mass is 9.93. The highest BCUT2D eigenvalue weighted by atomic mass is 19.1. The second-order valence-electron chi connectivity index (χ2n) is 5.66. The average molecular weight is 279 g/mol. The molecular weight excluding hydrogens is 257 g/mol. The van der Waals surface area contributed by atoms with E-state index in [-0.39, 0.29) is 17.8 Å². The Bertz CT molecular complexity index is 464. The second-order valence-corrected chi connectivity index (χ2v) is 5.66. The largest absolute Gasteiger partial charge is 0.481 e. The molecule has 0 aromatic heterocycles. The van der Waals surface area contributed by atoms with Gasteiger partial charge in [0.15, 0.2) is 0 Å². The van der Waals surface area contributed by atoms with E-state index in [0.29, 0.717) is 12.1 Å². The van der Waals surface area contributed by atoms with Gasteiger partial charge in [-0.25, -0.2) is 4.39 Å². The molecule has 1 fully saturated rings. The van der Waals surface area contributed by atoms with E-state index in [1.165, 1.54) is 6.07 Å². The lowest BCUT2D eigenvalue weighted by Gasteiger charge is -2.31. The summed E-state index contributed by atoms with van der Waals surface area (Å²) in [5, 5.41) is 9.40. The highest BCUT2D eigenvalue weighted by Gasteiger charge is 2.32. The minimum absolute atomic E-state index is 0.00499. The van der Waals surface area contributed by atoms with Crippen LogP contribution in [0.25, 0.3) is 0 Å². The van der Waals surface area contributed by atoms with Crippen LogP contribution in [0.15, 0.2) is 24.3 Å². The van der Waals surface area contributed by atoms with Gasteiger partial charge in [0, 0.05) is 18.2 Å². The molecule has 0 spiro atoms. The Morgan fingerprint density at radius 1 is 1.30 bits per heavy atom. The molecule has 1 N–H and O–H groups in total. The molecule has 110 valence electrons. The Labute approximate surface area is 119 Å². The number of carboxylic acids is 1. The van der Waals surface area contributed by atoms with Gasteiger partial charge in [0.2, 0.25) is 0 Å². The molecule has 1 aliphatic carbocycles. The summed E-state index contributed by atoms with van der Waals surface area (Å²) in [5.74, 6) is -1.29. The molecule has 4 heteroatoms. The number of aliphatic carboxylic acids is 1. The van der Waals surface area contributed by atoms with Crippen molar-refractivity contribution in [3.63, 3.8) is 0 Å². The van der Waals surface area contributed by atoms with E-state index in [1.807, 2.05) is 18.0 Å². The molecule has 1 saturated carbocycles. The van der Waals surface area contributed by atoms with Crippen molar-refractivity contribution >= 4 is 5.97 Å². The zero-order valence-electron chi connectivity index (χ0n) is 11.9. The Morgan fingerprint density at radius 2 is 2.00 bits per heavy atom. The molecule has 0 amide bonds. The standard InChI is InChI=1S/C16H22FNO2/c1-18(11-12-7-5-6-9-14(12)17)15-10-4-2-3-8-13(15)16(19)20/h5-7,9,13,15H,2-4,8,10-11H2,1H3,(H,19,20). The highest BCUT2D eigenvalue weighted by Crippen LogP contribution is 2.28. The quantitative estimate of drug-likeness (QED) is 0.860. The third kappa shape index (κ3) is 3.57. The highest BCUT2D eigenvalue weighted by molar-refractivity contribution is 5.70. The van der Waals surface area contributed by atoms with Crippen molar-refractivity contribution in [3.05, 3.63) is 35.6 Å². The van der Waals surface area contributed by atoms with Crippen LogP contribution in [0.2, 0.25) is 0 Å². The number of benzene rings is 1. The summed E-state index contributed by atoms with van der Waals surface area (Å²) >= 11 is 0. The van der Waals surface area contributed by atoms with Crippen molar-refractivity contribution in [1.82, 2.24) is 4.90 Å². The van der Waals surface area contributed by atoms with Gasteiger partial charge in [-0.1, -0.05) is 37.5 Å². The predicted octanol–water partition coefficient (Wildman–Crippen LogP) is 3.29. The molecule has 3 nitrogen and oxygen atoms in total. The van der Waals surface area contributed by atoms with Gasteiger partial charge in [-0.15, -0.1) is 0 Å². The summed E-state index contributed by atoms with van der Waals surface area (Å²) in [6.07, 6.45) is 4.72. The molecule has 20 heavy (non-hydrogen) atoms. The Kier molecular flexibility index (Phi) is 5.12. The summed E-state index contributed by atoms with van der Waals surface area (Å²) in [4.78, 5) is 13.4. The molecule has 2 atom stereocenters. The van der Waals surface area contributed by atoms with Crippen LogP contribution in [-0.4, -0.2) is 29.1 Å². The summed E-state index contributed by atoms with van der Waals surface area (Å²) in [6.45, 7) is 0.459. The molecule has 0 radical (unpaired) electrons. The molecule has 1 aromatic carbocycles. The van der Waals surface area contributed by atoms with Gasteiger partial charge in [0.25, 0.3) is 0 Å². The Hall–Kier alpha value is -1.42. The zero-order chi connectivity index (χ0) is 14.5. The van der Waals surface area contributed by atoms with E-state index < -0.39 is 5.97 Å². The maximum Gasteiger partial charge on any atom is 0.308 e. The van der Waals surface area contributed by atoms with Crippen LogP contribution in [-0.2, 0) is 11.3 Å². The first-order chi connectivity index (χ1) is 9.59. The Balaban J connectivity index is 2.11. The normalized spacial score (nSPS) is 23.6. The zero-order valence-corrected chi connectivity index (χ0v) is 11.9. The van der Waals surface area contributed by atoms with E-state index in [2.05, 4.69) is 0 Å². The van der Waals surface area contributed by atoms with Gasteiger partial charge in [-0.05, 0) is 26.0 Å². The maximum absolute atomic E-state index is 13.7. The molecular formula is C16H22FNO2. The second kappa shape index (κ2) is 6.84. The third-order valence-corrected chi connectivity index (χ3v) is 4.24. The van der Waals surface area contributed by atoms with Crippen molar-refractivity contribution in [2.24, 2.45) is 5.92 Å². The van der Waals surface area contributed by atoms with Crippen LogP contribution in [0.5, 0.6) is 0 Å². The predicted molar refractivity (Wildman–Crippen MR) is 75.9 cm³/mol. The van der Waals surface area contributed by atoms with Crippen molar-refractivity contribution < 1.29 is 14.3 Å². The smallest absolute Gasteiger partial charge is 0.308 e. The fourth-order valence-corrected chi connectivity index (χ4v) is 3.12. The van der Waals surface area contributed by atoms with Crippen molar-refractivity contribution in [2.45, 2.75) is 44.7 Å². The molecule has 1 aliphatic rings. The van der Waals surface area contributed by atoms with Gasteiger partial charge in [-0.3, -0.25) is 9.69 Å². The molecule has 2 unspecified atom stereocenters. The van der Waals surface area contributed by atoms with Gasteiger partial charge in [0.1, 0.15) is 5.82 Å². The summed E-state index contributed by atoms with van der Waals surface area (Å²) in [7, 11) is 1.90. The molecule has 0 bridgehead atoms. The molecule has 2 rings (SSSR count).